The van der Waals surface area contributed by atoms with E-state index in [4.69, 9.17) is 10.7 Å². The SMILES string of the molecule is Cn1c(-c2cc3cccnc3n2CC2CC2)nc2cc(C(=O)N3CCC(O)C(N)C3)ccc21. The number of aliphatic hydroxyl groups excluding tert-OH is 1. The number of likely N-dealkylation sites (tertiary alicyclic amines) is 1. The molecule has 1 saturated carbocycles. The Hall–Kier alpha value is -3.23. The maximum absolute atomic E-state index is 13.1. The molecule has 2 fully saturated rings. The van der Waals surface area contributed by atoms with Crippen molar-refractivity contribution in [1.29, 1.82) is 0 Å². The minimum atomic E-state index is -0.549. The molecule has 0 bridgehead atoms. The number of piperidine rings is 1. The van der Waals surface area contributed by atoms with E-state index >= 15 is 0 Å². The summed E-state index contributed by atoms with van der Waals surface area (Å²) in [7, 11) is 2.02. The molecule has 0 spiro atoms. The Labute approximate surface area is 191 Å². The molecule has 1 aliphatic heterocycles. The molecule has 2 aliphatic rings. The smallest absolute Gasteiger partial charge is 0.253 e. The highest BCUT2D eigenvalue weighted by molar-refractivity contribution is 5.98. The third kappa shape index (κ3) is 3.50. The van der Waals surface area contributed by atoms with Crippen molar-refractivity contribution in [2.45, 2.75) is 38.0 Å². The number of nitrogens with two attached hydrogens (primary N) is 1. The monoisotopic (exact) mass is 444 g/mol. The van der Waals surface area contributed by atoms with Gasteiger partial charge in [0.25, 0.3) is 5.91 Å². The molecule has 33 heavy (non-hydrogen) atoms. The minimum absolute atomic E-state index is 0.0708. The van der Waals surface area contributed by atoms with Gasteiger partial charge in [-0.2, -0.15) is 0 Å². The topological polar surface area (TPSA) is 102 Å². The normalized spacial score (nSPS) is 21.2. The Bertz CT molecular complexity index is 1370. The lowest BCUT2D eigenvalue weighted by Crippen LogP contribution is -2.53. The third-order valence-electron chi connectivity index (χ3n) is 7.06. The summed E-state index contributed by atoms with van der Waals surface area (Å²) in [5, 5.41) is 11.0. The van der Waals surface area contributed by atoms with Crippen LogP contribution in [0.5, 0.6) is 0 Å². The molecule has 1 saturated heterocycles. The van der Waals surface area contributed by atoms with Crippen LogP contribution < -0.4 is 5.73 Å². The molecule has 4 aromatic rings. The fraction of sp³-hybridized carbons (Fsp3) is 0.400. The van der Waals surface area contributed by atoms with Crippen LogP contribution in [0, 0.1) is 5.92 Å². The Morgan fingerprint density at radius 2 is 2.06 bits per heavy atom. The molecular formula is C25H28N6O2. The second kappa shape index (κ2) is 7.67. The number of imidazole rings is 1. The number of carbonyl (C=O) groups excluding carboxylic acids is 1. The average Bonchev–Trinajstić information content (AvgIpc) is 3.49. The summed E-state index contributed by atoms with van der Waals surface area (Å²) >= 11 is 0. The molecule has 170 valence electrons. The molecule has 1 aliphatic carbocycles. The van der Waals surface area contributed by atoms with Crippen molar-refractivity contribution in [1.82, 2.24) is 24.0 Å². The number of fused-ring (bicyclic) bond motifs is 2. The largest absolute Gasteiger partial charge is 0.391 e. The van der Waals surface area contributed by atoms with Crippen molar-refractivity contribution in [3.05, 3.63) is 48.2 Å². The van der Waals surface area contributed by atoms with Gasteiger partial charge in [-0.15, -0.1) is 0 Å². The highest BCUT2D eigenvalue weighted by atomic mass is 16.3. The van der Waals surface area contributed by atoms with Crippen LogP contribution in [0.4, 0.5) is 0 Å². The number of hydrogen-bond acceptors (Lipinski definition) is 5. The van der Waals surface area contributed by atoms with E-state index < -0.39 is 12.1 Å². The van der Waals surface area contributed by atoms with E-state index in [0.717, 1.165) is 40.1 Å². The van der Waals surface area contributed by atoms with Crippen LogP contribution in [0.2, 0.25) is 0 Å². The lowest BCUT2D eigenvalue weighted by Gasteiger charge is -2.34. The molecule has 3 aromatic heterocycles. The van der Waals surface area contributed by atoms with E-state index in [-0.39, 0.29) is 5.91 Å². The van der Waals surface area contributed by atoms with Crippen LogP contribution in [0.3, 0.4) is 0 Å². The molecule has 2 atom stereocenters. The van der Waals surface area contributed by atoms with E-state index in [9.17, 15) is 9.90 Å². The summed E-state index contributed by atoms with van der Waals surface area (Å²) in [5.41, 5.74) is 10.4. The molecule has 8 heteroatoms. The number of aryl methyl sites for hydroxylation is 1. The first-order chi connectivity index (χ1) is 16.0. The van der Waals surface area contributed by atoms with Crippen LogP contribution in [0.15, 0.2) is 42.6 Å². The number of aliphatic hydroxyl groups is 1. The van der Waals surface area contributed by atoms with E-state index in [2.05, 4.69) is 26.3 Å². The molecule has 1 aromatic carbocycles. The van der Waals surface area contributed by atoms with Crippen molar-refractivity contribution < 1.29 is 9.90 Å². The zero-order chi connectivity index (χ0) is 22.7. The van der Waals surface area contributed by atoms with Gasteiger partial charge >= 0.3 is 0 Å². The number of pyridine rings is 1. The summed E-state index contributed by atoms with van der Waals surface area (Å²) < 4.78 is 4.38. The zero-order valence-corrected chi connectivity index (χ0v) is 18.7. The molecular weight excluding hydrogens is 416 g/mol. The molecule has 8 nitrogen and oxygen atoms in total. The van der Waals surface area contributed by atoms with Crippen LogP contribution in [0.1, 0.15) is 29.6 Å². The Morgan fingerprint density at radius 3 is 2.85 bits per heavy atom. The molecule has 6 rings (SSSR count). The van der Waals surface area contributed by atoms with Gasteiger partial charge in [0.15, 0.2) is 5.82 Å². The zero-order valence-electron chi connectivity index (χ0n) is 18.7. The maximum Gasteiger partial charge on any atom is 0.253 e. The van der Waals surface area contributed by atoms with E-state index in [0.29, 0.717) is 31.0 Å². The Morgan fingerprint density at radius 1 is 1.21 bits per heavy atom. The van der Waals surface area contributed by atoms with Gasteiger partial charge in [-0.05, 0) is 61.6 Å². The van der Waals surface area contributed by atoms with Gasteiger partial charge < -0.3 is 24.9 Å². The lowest BCUT2D eigenvalue weighted by molar-refractivity contribution is 0.0459. The van der Waals surface area contributed by atoms with E-state index in [1.165, 1.54) is 12.8 Å². The van der Waals surface area contributed by atoms with Crippen molar-refractivity contribution in [3.8, 4) is 11.5 Å². The number of benzene rings is 1. The predicted octanol–water partition coefficient (Wildman–Crippen LogP) is 2.53. The highest BCUT2D eigenvalue weighted by Crippen LogP contribution is 2.36. The number of hydrogen-bond donors (Lipinski definition) is 2. The van der Waals surface area contributed by atoms with E-state index in [1.807, 2.05) is 37.5 Å². The number of rotatable bonds is 4. The second-order valence-corrected chi connectivity index (χ2v) is 9.47. The maximum atomic E-state index is 13.1. The van der Waals surface area contributed by atoms with Crippen LogP contribution in [-0.4, -0.2) is 60.3 Å². The first-order valence-electron chi connectivity index (χ1n) is 11.6. The minimum Gasteiger partial charge on any atom is -0.391 e. The number of nitrogens with zero attached hydrogens (tertiary/aromatic N) is 5. The van der Waals surface area contributed by atoms with Crippen LogP contribution >= 0.6 is 0 Å². The third-order valence-corrected chi connectivity index (χ3v) is 7.06. The fourth-order valence-corrected chi connectivity index (χ4v) is 4.91. The molecule has 0 radical (unpaired) electrons. The number of amides is 1. The second-order valence-electron chi connectivity index (χ2n) is 9.47. The van der Waals surface area contributed by atoms with Crippen LogP contribution in [0.25, 0.3) is 33.6 Å². The first-order valence-corrected chi connectivity index (χ1v) is 11.6. The van der Waals surface area contributed by atoms with E-state index in [1.54, 1.807) is 4.90 Å². The van der Waals surface area contributed by atoms with Gasteiger partial charge in [-0.3, -0.25) is 4.79 Å². The summed E-state index contributed by atoms with van der Waals surface area (Å²) in [6.07, 6.45) is 4.32. The first kappa shape index (κ1) is 20.4. The van der Waals surface area contributed by atoms with Crippen molar-refractivity contribution >= 4 is 28.0 Å². The van der Waals surface area contributed by atoms with Gasteiger partial charge in [0.05, 0.1) is 22.8 Å². The summed E-state index contributed by atoms with van der Waals surface area (Å²) in [5.74, 6) is 1.50. The van der Waals surface area contributed by atoms with Gasteiger partial charge in [0, 0.05) is 49.9 Å². The lowest BCUT2D eigenvalue weighted by atomic mass is 10.0. The van der Waals surface area contributed by atoms with Gasteiger partial charge in [-0.25, -0.2) is 9.97 Å². The number of aromatic nitrogens is 4. The summed E-state index contributed by atoms with van der Waals surface area (Å²) in [6, 6.07) is 11.5. The predicted molar refractivity (Wildman–Crippen MR) is 127 cm³/mol. The molecule has 1 amide bonds. The highest BCUT2D eigenvalue weighted by Gasteiger charge is 2.29. The van der Waals surface area contributed by atoms with Gasteiger partial charge in [0.1, 0.15) is 5.65 Å². The van der Waals surface area contributed by atoms with Gasteiger partial charge in [0.2, 0.25) is 0 Å². The number of carbonyl (C=O) groups is 1. The fourth-order valence-electron chi connectivity index (χ4n) is 4.91. The van der Waals surface area contributed by atoms with Crippen LogP contribution in [-0.2, 0) is 13.6 Å². The van der Waals surface area contributed by atoms with Crippen molar-refractivity contribution in [3.63, 3.8) is 0 Å². The van der Waals surface area contributed by atoms with Gasteiger partial charge in [-0.1, -0.05) is 0 Å². The summed E-state index contributed by atoms with van der Waals surface area (Å²) in [6.45, 7) is 1.82. The Balaban J connectivity index is 1.39. The average molecular weight is 445 g/mol. The molecule has 3 N–H and O–H groups in total. The van der Waals surface area contributed by atoms with Crippen molar-refractivity contribution in [2.75, 3.05) is 13.1 Å². The standard InChI is InChI=1S/C25H28N6O2/c1-29-20-7-6-17(25(33)30-10-8-22(32)18(26)14-30)11-19(20)28-24(29)21-12-16-3-2-9-27-23(16)31(21)13-15-4-5-15/h2-3,6-7,9,11-12,15,18,22,32H,4-5,8,10,13-14,26H2,1H3. The Kier molecular flexibility index (Phi) is 4.74. The van der Waals surface area contributed by atoms with Crippen molar-refractivity contribution in [2.24, 2.45) is 18.7 Å². The molecule has 2 unspecified atom stereocenters. The molecule has 4 heterocycles. The quantitative estimate of drug-likeness (QED) is 0.504. The summed E-state index contributed by atoms with van der Waals surface area (Å²) in [4.78, 5) is 24.4.